The molecule has 7 nitrogen and oxygen atoms in total. The summed E-state index contributed by atoms with van der Waals surface area (Å²) in [6, 6.07) is 86.5. The Labute approximate surface area is 738 Å². The molecule has 12 aliphatic rings. The second kappa shape index (κ2) is 24.6. The molecule has 14 aromatic rings. The van der Waals surface area contributed by atoms with E-state index in [1.54, 1.807) is 11.1 Å². The SMILES string of the molecule is Cc1cc2c3c(c1)N1c4c(cccc4C4(C)CCCCC14C)B3c1ccc(N3c4ccc(C(C)(C)C)cc4C4(C)CCCCC34C)cc1N2c1ccc2c(c1)oc1c(CC(C)(C)c3ccc4c(c3)C3(C)CCCCC3(C)N4c3ccc4c(c3)N(c3ccc5c(c3)sc3ccccc35)c3cc(C)cc5c3B4c3cccc4c3N5C3(C)CCCCC43C)cccc12. The molecule has 0 amide bonds. The maximum absolute atomic E-state index is 7.60. The van der Waals surface area contributed by atoms with Gasteiger partial charge < -0.3 is 33.8 Å². The number of aryl methyl sites for hydroxylation is 2. The third kappa shape index (κ3) is 9.18. The van der Waals surface area contributed by atoms with Gasteiger partial charge in [0.2, 0.25) is 0 Å². The molecule has 0 bridgehead atoms. The summed E-state index contributed by atoms with van der Waals surface area (Å²) >= 11 is 1.93. The van der Waals surface area contributed by atoms with Crippen LogP contribution >= 0.6 is 11.3 Å². The van der Waals surface area contributed by atoms with Gasteiger partial charge in [0.25, 0.3) is 13.4 Å². The molecule has 12 aromatic carbocycles. The molecule has 4 saturated carbocycles. The summed E-state index contributed by atoms with van der Waals surface area (Å²) in [6.07, 6.45) is 20.1. The molecule has 26 rings (SSSR count). The van der Waals surface area contributed by atoms with Gasteiger partial charge in [-0.15, -0.1) is 11.3 Å². The van der Waals surface area contributed by atoms with Crippen molar-refractivity contribution in [2.45, 2.75) is 268 Å². The fourth-order valence-electron chi connectivity index (χ4n) is 29.4. The number of para-hydroxylation sites is 3. The number of furan rings is 1. The average Bonchev–Trinajstić information content (AvgIpc) is 1.47. The van der Waals surface area contributed by atoms with Crippen molar-refractivity contribution in [2.24, 2.45) is 0 Å². The van der Waals surface area contributed by atoms with Crippen LogP contribution in [0, 0.1) is 13.8 Å². The lowest BCUT2D eigenvalue weighted by atomic mass is 9.33. The van der Waals surface area contributed by atoms with E-state index < -0.39 is 0 Å². The Morgan fingerprint density at radius 1 is 0.339 bits per heavy atom. The first-order valence-corrected chi connectivity index (χ1v) is 48.2. The average molecular weight is 1640 g/mol. The van der Waals surface area contributed by atoms with Crippen molar-refractivity contribution < 1.29 is 4.42 Å². The van der Waals surface area contributed by atoms with Gasteiger partial charge >= 0.3 is 0 Å². The summed E-state index contributed by atoms with van der Waals surface area (Å²) in [7, 11) is 0. The molecule has 2 aromatic heterocycles. The zero-order chi connectivity index (χ0) is 84.2. The number of hydrogen-bond donors (Lipinski definition) is 0. The van der Waals surface area contributed by atoms with Crippen molar-refractivity contribution in [2.75, 3.05) is 29.4 Å². The molecule has 0 radical (unpaired) electrons. The van der Waals surface area contributed by atoms with Gasteiger partial charge in [-0.25, -0.2) is 0 Å². The van der Waals surface area contributed by atoms with E-state index in [1.165, 1.54) is 255 Å². The van der Waals surface area contributed by atoms with Gasteiger partial charge in [-0.1, -0.05) is 229 Å². The molecule has 618 valence electrons. The summed E-state index contributed by atoms with van der Waals surface area (Å²) in [6.45, 7) is 37.9. The standard InChI is InChI=1S/C114H114B2N6OS/c1-68-57-93-100-95(59-68)121-102-81(107(8)49-18-24-55-113(107,121)14)32-27-34-87(102)115(100)85-45-41-75(119-89-47-37-71(105(3,4)5)61-83(89)109(10)51-20-22-53-111(109,119)12)63-91(85)117(93)73-39-43-77-80-31-26-29-70(104(80)123-97(77)65-73)67-106(6,7)72-38-48-90-84(62-72)110(11)52-21-23-54-112(110,13)120(90)76-42-46-86-92(64-76)118(74-40-44-79-78-30-16-17-36-98(78)124-99(79)66-74)94-58-69(2)60-96-101(94)116(86)88-35-28-33-82-103(88)122(96)114(15)56-25-19-50-108(82,114)9/h16-17,26-48,57-66H,18-25,49-56,67H2,1-15H3. The lowest BCUT2D eigenvalue weighted by Crippen LogP contribution is -2.64. The maximum atomic E-state index is 7.60. The van der Waals surface area contributed by atoms with Gasteiger partial charge in [0, 0.05) is 138 Å². The highest BCUT2D eigenvalue weighted by Crippen LogP contribution is 2.68. The topological polar surface area (TPSA) is 32.6 Å². The predicted molar refractivity (Wildman–Crippen MR) is 528 cm³/mol. The monoisotopic (exact) mass is 1640 g/mol. The number of thiophene rings is 1. The molecule has 8 atom stereocenters. The third-order valence-corrected chi connectivity index (χ3v) is 37.8. The molecular weight excluding hydrogens is 1520 g/mol. The second-order valence-corrected chi connectivity index (χ2v) is 45.3. The van der Waals surface area contributed by atoms with Crippen LogP contribution in [0.15, 0.2) is 217 Å². The highest BCUT2D eigenvalue weighted by atomic mass is 32.1. The van der Waals surface area contributed by atoms with Crippen LogP contribution in [-0.4, -0.2) is 35.6 Å². The van der Waals surface area contributed by atoms with Gasteiger partial charge in [-0.05, 0) is 284 Å². The van der Waals surface area contributed by atoms with E-state index in [-0.39, 0.29) is 68.1 Å². The fraction of sp³-hybridized carbons (Fsp3) is 0.368. The van der Waals surface area contributed by atoms with Gasteiger partial charge in [-0.3, -0.25) is 0 Å². The Kier molecular flexibility index (Phi) is 14.9. The lowest BCUT2D eigenvalue weighted by molar-refractivity contribution is 0.194. The largest absolute Gasteiger partial charge is 0.456 e. The van der Waals surface area contributed by atoms with Gasteiger partial charge in [0.1, 0.15) is 11.2 Å². The lowest BCUT2D eigenvalue weighted by Gasteiger charge is -2.53. The predicted octanol–water partition coefficient (Wildman–Crippen LogP) is 26.6. The Morgan fingerprint density at radius 2 is 0.774 bits per heavy atom. The van der Waals surface area contributed by atoms with Crippen LogP contribution in [0.1, 0.15) is 243 Å². The smallest absolute Gasteiger partial charge is 0.252 e. The van der Waals surface area contributed by atoms with Gasteiger partial charge in [0.05, 0.1) is 22.2 Å². The molecule has 4 aliphatic carbocycles. The zero-order valence-electron chi connectivity index (χ0n) is 75.4. The van der Waals surface area contributed by atoms with Crippen molar-refractivity contribution >= 4 is 179 Å². The Morgan fingerprint density at radius 3 is 1.31 bits per heavy atom. The molecule has 8 unspecified atom stereocenters. The minimum atomic E-state index is -0.262. The highest BCUT2D eigenvalue weighted by molar-refractivity contribution is 7.25. The van der Waals surface area contributed by atoms with Crippen molar-refractivity contribution in [1.82, 2.24) is 0 Å². The van der Waals surface area contributed by atoms with E-state index in [0.717, 1.165) is 47.9 Å². The highest BCUT2D eigenvalue weighted by Gasteiger charge is 2.66. The van der Waals surface area contributed by atoms with Gasteiger partial charge in [-0.2, -0.15) is 0 Å². The van der Waals surface area contributed by atoms with Crippen LogP contribution in [0.2, 0.25) is 0 Å². The number of fused-ring (bicyclic) bond motifs is 26. The molecule has 0 N–H and O–H groups in total. The van der Waals surface area contributed by atoms with Crippen molar-refractivity contribution in [1.29, 1.82) is 0 Å². The summed E-state index contributed by atoms with van der Waals surface area (Å²) in [5.41, 5.74) is 41.1. The number of rotatable bonds is 7. The maximum Gasteiger partial charge on any atom is 0.252 e. The van der Waals surface area contributed by atoms with E-state index in [0.29, 0.717) is 0 Å². The minimum absolute atomic E-state index is 0.0122. The first-order chi connectivity index (χ1) is 59.6. The normalized spacial score (nSPS) is 26.8. The summed E-state index contributed by atoms with van der Waals surface area (Å²) in [4.78, 5) is 16.8. The Hall–Kier alpha value is -10.4. The molecule has 10 heterocycles. The minimum Gasteiger partial charge on any atom is -0.456 e. The molecule has 10 heteroatoms. The van der Waals surface area contributed by atoms with Crippen LogP contribution in [0.25, 0.3) is 42.1 Å². The summed E-state index contributed by atoms with van der Waals surface area (Å²) in [5, 5.41) is 5.01. The quantitative estimate of drug-likeness (QED) is 0.147. The first-order valence-electron chi connectivity index (χ1n) is 47.4. The van der Waals surface area contributed by atoms with Crippen LogP contribution < -0.4 is 62.2 Å². The molecule has 0 spiro atoms. The molecule has 8 aliphatic heterocycles. The van der Waals surface area contributed by atoms with Crippen molar-refractivity contribution in [3.05, 3.63) is 262 Å². The van der Waals surface area contributed by atoms with Crippen LogP contribution in [0.4, 0.5) is 79.6 Å². The second-order valence-electron chi connectivity index (χ2n) is 44.2. The summed E-state index contributed by atoms with van der Waals surface area (Å²) < 4.78 is 10.3. The molecule has 124 heavy (non-hydrogen) atoms. The van der Waals surface area contributed by atoms with Crippen LogP contribution in [-0.2, 0) is 38.9 Å². The van der Waals surface area contributed by atoms with E-state index in [9.17, 15) is 0 Å². The number of benzene rings is 12. The fourth-order valence-corrected chi connectivity index (χ4v) is 30.5. The zero-order valence-corrected chi connectivity index (χ0v) is 76.2. The Bertz CT molecular complexity index is 7120. The Balaban J connectivity index is 0.593. The van der Waals surface area contributed by atoms with E-state index in [2.05, 4.69) is 346 Å². The van der Waals surface area contributed by atoms with E-state index >= 15 is 0 Å². The first kappa shape index (κ1) is 75.0. The number of nitrogens with zero attached hydrogens (tertiary/aromatic N) is 6. The third-order valence-electron chi connectivity index (χ3n) is 36.6. The van der Waals surface area contributed by atoms with E-state index in [4.69, 9.17) is 4.42 Å². The number of anilines is 14. The number of hydrogen-bond acceptors (Lipinski definition) is 8. The van der Waals surface area contributed by atoms with Crippen molar-refractivity contribution in [3.8, 4) is 0 Å². The molecular formula is C114H114B2N6OS. The van der Waals surface area contributed by atoms with Crippen molar-refractivity contribution in [3.63, 3.8) is 0 Å². The molecule has 4 fully saturated rings. The molecule has 0 saturated heterocycles. The van der Waals surface area contributed by atoms with Crippen LogP contribution in [0.3, 0.4) is 0 Å². The van der Waals surface area contributed by atoms with Gasteiger partial charge in [0.15, 0.2) is 0 Å². The summed E-state index contributed by atoms with van der Waals surface area (Å²) in [5.74, 6) is 0. The van der Waals surface area contributed by atoms with E-state index in [1.807, 2.05) is 11.3 Å². The van der Waals surface area contributed by atoms with Crippen LogP contribution in [0.5, 0.6) is 0 Å².